The van der Waals surface area contributed by atoms with Crippen molar-refractivity contribution in [1.29, 1.82) is 0 Å². The predicted octanol–water partition coefficient (Wildman–Crippen LogP) is 4.64. The molecule has 1 saturated heterocycles. The Morgan fingerprint density at radius 2 is 1.56 bits per heavy atom. The van der Waals surface area contributed by atoms with Crippen molar-refractivity contribution in [3.8, 4) is 0 Å². The van der Waals surface area contributed by atoms with E-state index in [0.29, 0.717) is 19.5 Å². The van der Waals surface area contributed by atoms with Gasteiger partial charge in [-0.1, -0.05) is 30.7 Å². The molecule has 0 aromatic heterocycles. The molecule has 7 heteroatoms. The summed E-state index contributed by atoms with van der Waals surface area (Å²) < 4.78 is 41.6. The van der Waals surface area contributed by atoms with Gasteiger partial charge in [0, 0.05) is 57.3 Å². The lowest BCUT2D eigenvalue weighted by Crippen LogP contribution is -2.47. The van der Waals surface area contributed by atoms with Gasteiger partial charge in [-0.2, -0.15) is 0 Å². The molecule has 0 unspecified atom stereocenters. The van der Waals surface area contributed by atoms with Crippen LogP contribution in [0.3, 0.4) is 0 Å². The van der Waals surface area contributed by atoms with Gasteiger partial charge in [-0.15, -0.1) is 0 Å². The van der Waals surface area contributed by atoms with Crippen molar-refractivity contribution in [3.05, 3.63) is 64.5 Å². The first kappa shape index (κ1) is 22.6. The third-order valence-electron chi connectivity index (χ3n) is 6.63. The SMILES string of the molecule is Cc1c(F)c(F)cc(N2CCN(CCCCCC(=O)N3Cc4ccccc4C3)CC2)c1F. The molecule has 1 amide bonds. The number of hydrogen-bond acceptors (Lipinski definition) is 3. The van der Waals surface area contributed by atoms with E-state index < -0.39 is 17.5 Å². The van der Waals surface area contributed by atoms with Gasteiger partial charge in [-0.25, -0.2) is 13.2 Å². The molecule has 2 aliphatic rings. The average molecular weight is 446 g/mol. The van der Waals surface area contributed by atoms with Crippen molar-refractivity contribution < 1.29 is 18.0 Å². The Kier molecular flexibility index (Phi) is 7.04. The Bertz CT molecular complexity index is 948. The number of fused-ring (bicyclic) bond motifs is 1. The molecule has 2 heterocycles. The van der Waals surface area contributed by atoms with Gasteiger partial charge in [0.25, 0.3) is 0 Å². The standard InChI is InChI=1S/C25H30F3N3O/c1-18-24(27)21(26)15-22(25(18)28)30-13-11-29(12-14-30)10-6-2-3-9-23(32)31-16-19-7-4-5-8-20(19)17-31/h4-5,7-8,15H,2-3,6,9-14,16-17H2,1H3. The molecule has 2 aliphatic heterocycles. The van der Waals surface area contributed by atoms with Crippen LogP contribution in [0, 0.1) is 24.4 Å². The molecule has 0 aliphatic carbocycles. The van der Waals surface area contributed by atoms with Crippen LogP contribution in [0.25, 0.3) is 0 Å². The molecule has 32 heavy (non-hydrogen) atoms. The summed E-state index contributed by atoms with van der Waals surface area (Å²) in [5, 5.41) is 0. The third-order valence-corrected chi connectivity index (χ3v) is 6.63. The van der Waals surface area contributed by atoms with Gasteiger partial charge in [-0.05, 0) is 37.4 Å². The Labute approximate surface area is 187 Å². The molecule has 4 rings (SSSR count). The molecule has 2 aromatic rings. The minimum absolute atomic E-state index is 0.142. The van der Waals surface area contributed by atoms with Crippen molar-refractivity contribution in [1.82, 2.24) is 9.80 Å². The minimum Gasteiger partial charge on any atom is -0.367 e. The van der Waals surface area contributed by atoms with Crippen LogP contribution in [0.2, 0.25) is 0 Å². The molecular weight excluding hydrogens is 415 g/mol. The molecule has 1 fully saturated rings. The highest BCUT2D eigenvalue weighted by Crippen LogP contribution is 2.27. The predicted molar refractivity (Wildman–Crippen MR) is 119 cm³/mol. The van der Waals surface area contributed by atoms with E-state index in [-0.39, 0.29) is 17.2 Å². The number of carbonyl (C=O) groups is 1. The number of hydrogen-bond donors (Lipinski definition) is 0. The van der Waals surface area contributed by atoms with Gasteiger partial charge in [0.15, 0.2) is 17.5 Å². The smallest absolute Gasteiger partial charge is 0.223 e. The molecule has 0 atom stereocenters. The van der Waals surface area contributed by atoms with E-state index in [1.165, 1.54) is 18.1 Å². The second-order valence-electron chi connectivity index (χ2n) is 8.79. The number of amides is 1. The van der Waals surface area contributed by atoms with Crippen molar-refractivity contribution in [2.75, 3.05) is 37.6 Å². The van der Waals surface area contributed by atoms with Crippen molar-refractivity contribution in [2.45, 2.75) is 45.7 Å². The molecule has 2 aromatic carbocycles. The Morgan fingerprint density at radius 3 is 2.22 bits per heavy atom. The summed E-state index contributed by atoms with van der Waals surface area (Å²) in [6.45, 7) is 6.29. The Balaban J connectivity index is 1.14. The highest BCUT2D eigenvalue weighted by atomic mass is 19.2. The van der Waals surface area contributed by atoms with Crippen LogP contribution in [0.1, 0.15) is 42.4 Å². The van der Waals surface area contributed by atoms with Crippen LogP contribution in [0.5, 0.6) is 0 Å². The summed E-state index contributed by atoms with van der Waals surface area (Å²) in [5.74, 6) is -2.58. The van der Waals surface area contributed by atoms with Gasteiger partial charge in [0.2, 0.25) is 5.91 Å². The van der Waals surface area contributed by atoms with E-state index in [4.69, 9.17) is 0 Å². The molecule has 0 spiro atoms. The normalized spacial score (nSPS) is 16.5. The van der Waals surface area contributed by atoms with Gasteiger partial charge in [0.05, 0.1) is 5.69 Å². The fourth-order valence-corrected chi connectivity index (χ4v) is 4.61. The number of rotatable bonds is 7. The van der Waals surface area contributed by atoms with E-state index in [0.717, 1.165) is 58.1 Å². The number of benzene rings is 2. The lowest BCUT2D eigenvalue weighted by atomic mass is 10.1. The van der Waals surface area contributed by atoms with E-state index in [2.05, 4.69) is 17.0 Å². The van der Waals surface area contributed by atoms with Crippen molar-refractivity contribution in [2.24, 2.45) is 0 Å². The zero-order chi connectivity index (χ0) is 22.7. The van der Waals surface area contributed by atoms with Crippen LogP contribution in [-0.2, 0) is 17.9 Å². The number of anilines is 1. The lowest BCUT2D eigenvalue weighted by Gasteiger charge is -2.36. The fraction of sp³-hybridized carbons (Fsp3) is 0.480. The van der Waals surface area contributed by atoms with Gasteiger partial charge >= 0.3 is 0 Å². The summed E-state index contributed by atoms with van der Waals surface area (Å²) >= 11 is 0. The zero-order valence-electron chi connectivity index (χ0n) is 18.5. The van der Waals surface area contributed by atoms with Crippen LogP contribution >= 0.6 is 0 Å². The zero-order valence-corrected chi connectivity index (χ0v) is 18.5. The summed E-state index contributed by atoms with van der Waals surface area (Å²) in [5.41, 5.74) is 2.37. The fourth-order valence-electron chi connectivity index (χ4n) is 4.61. The highest BCUT2D eigenvalue weighted by Gasteiger charge is 2.24. The quantitative estimate of drug-likeness (QED) is 0.459. The van der Waals surface area contributed by atoms with Crippen molar-refractivity contribution >= 4 is 11.6 Å². The monoisotopic (exact) mass is 445 g/mol. The van der Waals surface area contributed by atoms with Crippen molar-refractivity contribution in [3.63, 3.8) is 0 Å². The van der Waals surface area contributed by atoms with Gasteiger partial charge in [0.1, 0.15) is 0 Å². The van der Waals surface area contributed by atoms with Crippen LogP contribution in [0.15, 0.2) is 30.3 Å². The maximum atomic E-state index is 14.4. The molecular formula is C25H30F3N3O. The van der Waals surface area contributed by atoms with Crippen LogP contribution in [-0.4, -0.2) is 48.4 Å². The maximum Gasteiger partial charge on any atom is 0.223 e. The Morgan fingerprint density at radius 1 is 0.906 bits per heavy atom. The first-order valence-corrected chi connectivity index (χ1v) is 11.4. The maximum absolute atomic E-state index is 14.4. The van der Waals surface area contributed by atoms with Crippen LogP contribution in [0.4, 0.5) is 18.9 Å². The van der Waals surface area contributed by atoms with Gasteiger partial charge < -0.3 is 9.80 Å². The van der Waals surface area contributed by atoms with E-state index in [1.807, 2.05) is 17.0 Å². The molecule has 0 bridgehead atoms. The average Bonchev–Trinajstić information content (AvgIpc) is 3.25. The van der Waals surface area contributed by atoms with Gasteiger partial charge in [-0.3, -0.25) is 9.69 Å². The first-order chi connectivity index (χ1) is 15.4. The number of carbonyl (C=O) groups excluding carboxylic acids is 1. The second kappa shape index (κ2) is 9.94. The molecule has 0 radical (unpaired) electrons. The number of piperazine rings is 1. The summed E-state index contributed by atoms with van der Waals surface area (Å²) in [6, 6.07) is 9.17. The largest absolute Gasteiger partial charge is 0.367 e. The summed E-state index contributed by atoms with van der Waals surface area (Å²) in [6.07, 6.45) is 3.46. The van der Waals surface area contributed by atoms with Crippen LogP contribution < -0.4 is 4.90 Å². The molecule has 172 valence electrons. The number of unbranched alkanes of at least 4 members (excludes halogenated alkanes) is 2. The Hall–Kier alpha value is -2.54. The number of nitrogens with zero attached hydrogens (tertiary/aromatic N) is 3. The first-order valence-electron chi connectivity index (χ1n) is 11.4. The molecule has 0 N–H and O–H groups in total. The summed E-state index contributed by atoms with van der Waals surface area (Å²) in [7, 11) is 0. The highest BCUT2D eigenvalue weighted by molar-refractivity contribution is 5.76. The minimum atomic E-state index is -1.11. The van der Waals surface area contributed by atoms with E-state index in [9.17, 15) is 18.0 Å². The third kappa shape index (κ3) is 4.93. The molecule has 0 saturated carbocycles. The van der Waals surface area contributed by atoms with E-state index >= 15 is 0 Å². The summed E-state index contributed by atoms with van der Waals surface area (Å²) in [4.78, 5) is 18.5. The topological polar surface area (TPSA) is 26.8 Å². The second-order valence-corrected chi connectivity index (χ2v) is 8.79. The number of halogens is 3. The molecule has 4 nitrogen and oxygen atoms in total. The lowest BCUT2D eigenvalue weighted by molar-refractivity contribution is -0.131. The van der Waals surface area contributed by atoms with E-state index in [1.54, 1.807) is 4.90 Å².